The molecule has 1 unspecified atom stereocenters. The maximum atomic E-state index is 12.2. The highest BCUT2D eigenvalue weighted by atomic mass is 35.5. The molecule has 0 bridgehead atoms. The van der Waals surface area contributed by atoms with Crippen LogP contribution in [0.15, 0.2) is 30.3 Å². The smallest absolute Gasteiger partial charge is 0.249 e. The summed E-state index contributed by atoms with van der Waals surface area (Å²) in [7, 11) is 0. The first-order valence-corrected chi connectivity index (χ1v) is 9.06. The van der Waals surface area contributed by atoms with Gasteiger partial charge >= 0.3 is 0 Å². The molecule has 0 spiro atoms. The molecule has 3 nitrogen and oxygen atoms in total. The minimum Gasteiger partial charge on any atom is -0.313 e. The van der Waals surface area contributed by atoms with Gasteiger partial charge in [0.15, 0.2) is 0 Å². The predicted octanol–water partition coefficient (Wildman–Crippen LogP) is 5.05. The van der Waals surface area contributed by atoms with E-state index in [1.807, 2.05) is 18.2 Å². The molecule has 0 saturated heterocycles. The highest BCUT2D eigenvalue weighted by molar-refractivity contribution is 7.16. The number of halogens is 1. The van der Waals surface area contributed by atoms with E-state index in [1.165, 1.54) is 22.3 Å². The van der Waals surface area contributed by atoms with Gasteiger partial charge in [0, 0.05) is 16.0 Å². The summed E-state index contributed by atoms with van der Waals surface area (Å²) in [6.45, 7) is 2.22. The minimum absolute atomic E-state index is 0.252. The zero-order chi connectivity index (χ0) is 17.1. The summed E-state index contributed by atoms with van der Waals surface area (Å²) in [5.41, 5.74) is 2.53. The minimum atomic E-state index is -0.252. The van der Waals surface area contributed by atoms with E-state index in [2.05, 4.69) is 18.3 Å². The van der Waals surface area contributed by atoms with E-state index in [9.17, 15) is 10.1 Å². The summed E-state index contributed by atoms with van der Waals surface area (Å²) in [6, 6.07) is 9.59. The topological polar surface area (TPSA) is 52.9 Å². The third kappa shape index (κ3) is 3.53. The lowest BCUT2D eigenvalue weighted by Crippen LogP contribution is -2.10. The molecule has 1 aliphatic carbocycles. The number of benzene rings is 1. The fraction of sp³-hybridized carbons (Fsp3) is 0.263. The first-order valence-electron chi connectivity index (χ1n) is 7.86. The van der Waals surface area contributed by atoms with Crippen LogP contribution in [0.1, 0.15) is 34.9 Å². The van der Waals surface area contributed by atoms with Crippen molar-refractivity contribution in [1.82, 2.24) is 0 Å². The number of rotatable bonds is 3. The average molecular weight is 357 g/mol. The van der Waals surface area contributed by atoms with Gasteiger partial charge in [-0.1, -0.05) is 36.7 Å². The largest absolute Gasteiger partial charge is 0.313 e. The average Bonchev–Trinajstić information content (AvgIpc) is 2.90. The third-order valence-corrected chi connectivity index (χ3v) is 5.69. The summed E-state index contributed by atoms with van der Waals surface area (Å²) in [6.07, 6.45) is 6.13. The van der Waals surface area contributed by atoms with Crippen LogP contribution in [0.5, 0.6) is 0 Å². The van der Waals surface area contributed by atoms with Gasteiger partial charge in [-0.05, 0) is 48.4 Å². The Morgan fingerprint density at radius 3 is 3.00 bits per heavy atom. The maximum Gasteiger partial charge on any atom is 0.249 e. The summed E-state index contributed by atoms with van der Waals surface area (Å²) in [5.74, 6) is 0.379. The molecule has 3 rings (SSSR count). The van der Waals surface area contributed by atoms with Gasteiger partial charge in [-0.2, -0.15) is 5.26 Å². The van der Waals surface area contributed by atoms with Crippen molar-refractivity contribution in [2.24, 2.45) is 5.92 Å². The number of nitrogens with zero attached hydrogens (tertiary/aromatic N) is 1. The lowest BCUT2D eigenvalue weighted by Gasteiger charge is -2.17. The summed E-state index contributed by atoms with van der Waals surface area (Å²) in [5, 5.41) is 13.6. The summed E-state index contributed by atoms with van der Waals surface area (Å²) >= 11 is 7.60. The van der Waals surface area contributed by atoms with Crippen LogP contribution in [0.3, 0.4) is 0 Å². The molecule has 1 N–H and O–H groups in total. The molecule has 1 heterocycles. The van der Waals surface area contributed by atoms with Crippen LogP contribution < -0.4 is 5.32 Å². The van der Waals surface area contributed by atoms with Crippen molar-refractivity contribution in [1.29, 1.82) is 5.26 Å². The molecule has 5 heteroatoms. The van der Waals surface area contributed by atoms with Gasteiger partial charge in [0.25, 0.3) is 0 Å². The Bertz CT molecular complexity index is 848. The molecule has 122 valence electrons. The molecule has 1 aromatic carbocycles. The molecule has 0 radical (unpaired) electrons. The zero-order valence-corrected chi connectivity index (χ0v) is 14.9. The predicted molar refractivity (Wildman–Crippen MR) is 99.3 cm³/mol. The Kier molecular flexibility index (Phi) is 5.03. The number of nitriles is 1. The van der Waals surface area contributed by atoms with Crippen LogP contribution in [0.4, 0.5) is 5.00 Å². The summed E-state index contributed by atoms with van der Waals surface area (Å²) in [4.78, 5) is 13.4. The molecule has 0 fully saturated rings. The second-order valence-corrected chi connectivity index (χ2v) is 7.52. The molecule has 1 atom stereocenters. The SMILES string of the molecule is CC1CCc2c(sc(NC(=O)/C=C/c3ccccc3Cl)c2C#N)C1. The van der Waals surface area contributed by atoms with Gasteiger partial charge < -0.3 is 5.32 Å². The first-order chi connectivity index (χ1) is 11.6. The molecule has 0 aliphatic heterocycles. The first kappa shape index (κ1) is 16.8. The zero-order valence-electron chi connectivity index (χ0n) is 13.3. The van der Waals surface area contributed by atoms with E-state index in [4.69, 9.17) is 11.6 Å². The van der Waals surface area contributed by atoms with E-state index in [-0.39, 0.29) is 5.91 Å². The number of amides is 1. The van der Waals surface area contributed by atoms with Gasteiger partial charge in [0.1, 0.15) is 11.1 Å². The van der Waals surface area contributed by atoms with Crippen molar-refractivity contribution in [3.63, 3.8) is 0 Å². The van der Waals surface area contributed by atoms with Crippen molar-refractivity contribution in [3.8, 4) is 6.07 Å². The van der Waals surface area contributed by atoms with Gasteiger partial charge in [0.2, 0.25) is 5.91 Å². The molecular weight excluding hydrogens is 340 g/mol. The Labute approximate surface area is 150 Å². The lowest BCUT2D eigenvalue weighted by molar-refractivity contribution is -0.111. The van der Waals surface area contributed by atoms with Crippen molar-refractivity contribution in [3.05, 3.63) is 56.9 Å². The molecule has 1 amide bonds. The molecule has 1 aliphatic rings. The number of carbonyl (C=O) groups is 1. The third-order valence-electron chi connectivity index (χ3n) is 4.18. The van der Waals surface area contributed by atoms with E-state index < -0.39 is 0 Å². The Morgan fingerprint density at radius 2 is 2.25 bits per heavy atom. The normalized spacial score (nSPS) is 16.6. The second-order valence-electron chi connectivity index (χ2n) is 6.01. The quantitative estimate of drug-likeness (QED) is 0.782. The molecule has 24 heavy (non-hydrogen) atoms. The van der Waals surface area contributed by atoms with Crippen LogP contribution in [0.2, 0.25) is 5.02 Å². The van der Waals surface area contributed by atoms with E-state index in [0.717, 1.165) is 30.4 Å². The Morgan fingerprint density at radius 1 is 1.46 bits per heavy atom. The van der Waals surface area contributed by atoms with Crippen LogP contribution in [0.25, 0.3) is 6.08 Å². The lowest BCUT2D eigenvalue weighted by atomic mass is 9.89. The van der Waals surface area contributed by atoms with E-state index >= 15 is 0 Å². The molecule has 2 aromatic rings. The molecule has 1 aromatic heterocycles. The summed E-state index contributed by atoms with van der Waals surface area (Å²) < 4.78 is 0. The standard InChI is InChI=1S/C19H17ClN2OS/c1-12-6-8-14-15(11-21)19(24-17(14)10-12)22-18(23)9-7-13-4-2-3-5-16(13)20/h2-5,7,9,12H,6,8,10H2,1H3,(H,22,23)/b9-7+. The highest BCUT2D eigenvalue weighted by Gasteiger charge is 2.24. The number of thiophene rings is 1. The fourth-order valence-corrected chi connectivity index (χ4v) is 4.45. The Balaban J connectivity index is 1.78. The van der Waals surface area contributed by atoms with E-state index in [0.29, 0.717) is 21.5 Å². The van der Waals surface area contributed by atoms with Crippen molar-refractivity contribution < 1.29 is 4.79 Å². The Hall–Kier alpha value is -2.09. The number of nitrogens with one attached hydrogen (secondary N) is 1. The van der Waals surface area contributed by atoms with E-state index in [1.54, 1.807) is 12.1 Å². The van der Waals surface area contributed by atoms with Crippen LogP contribution >= 0.6 is 22.9 Å². The number of anilines is 1. The van der Waals surface area contributed by atoms with Crippen LogP contribution in [-0.4, -0.2) is 5.91 Å². The van der Waals surface area contributed by atoms with Crippen molar-refractivity contribution in [2.75, 3.05) is 5.32 Å². The van der Waals surface area contributed by atoms with Crippen molar-refractivity contribution in [2.45, 2.75) is 26.2 Å². The van der Waals surface area contributed by atoms with Gasteiger partial charge in [-0.3, -0.25) is 4.79 Å². The number of fused-ring (bicyclic) bond motifs is 1. The monoisotopic (exact) mass is 356 g/mol. The molecule has 0 saturated carbocycles. The second kappa shape index (κ2) is 7.21. The van der Waals surface area contributed by atoms with Gasteiger partial charge in [0.05, 0.1) is 5.56 Å². The number of hydrogen-bond acceptors (Lipinski definition) is 3. The van der Waals surface area contributed by atoms with Crippen LogP contribution in [0, 0.1) is 17.2 Å². The van der Waals surface area contributed by atoms with Gasteiger partial charge in [-0.25, -0.2) is 0 Å². The fourth-order valence-electron chi connectivity index (χ4n) is 2.89. The highest BCUT2D eigenvalue weighted by Crippen LogP contribution is 2.39. The number of hydrogen-bond donors (Lipinski definition) is 1. The maximum absolute atomic E-state index is 12.2. The van der Waals surface area contributed by atoms with Gasteiger partial charge in [-0.15, -0.1) is 11.3 Å². The molecular formula is C19H17ClN2OS. The van der Waals surface area contributed by atoms with Crippen molar-refractivity contribution >= 4 is 39.9 Å². The number of carbonyl (C=O) groups excluding carboxylic acids is 1. The van der Waals surface area contributed by atoms with Crippen LogP contribution in [-0.2, 0) is 17.6 Å².